The van der Waals surface area contributed by atoms with Crippen molar-refractivity contribution < 1.29 is 13.6 Å². The van der Waals surface area contributed by atoms with Gasteiger partial charge in [0.15, 0.2) is 11.6 Å². The molecule has 6 nitrogen and oxygen atoms in total. The van der Waals surface area contributed by atoms with Crippen LogP contribution in [0.2, 0.25) is 0 Å². The fourth-order valence-corrected chi connectivity index (χ4v) is 3.43. The predicted octanol–water partition coefficient (Wildman–Crippen LogP) is 3.08. The van der Waals surface area contributed by atoms with Crippen molar-refractivity contribution in [1.82, 2.24) is 14.3 Å². The number of benzene rings is 2. The lowest BCUT2D eigenvalue weighted by Gasteiger charge is -2.12. The second kappa shape index (κ2) is 6.66. The molecular formula is C21H16F2N4O2. The van der Waals surface area contributed by atoms with E-state index in [0.717, 1.165) is 22.4 Å². The number of nitrogens with zero attached hydrogens (tertiary/aromatic N) is 3. The highest BCUT2D eigenvalue weighted by Crippen LogP contribution is 2.27. The number of hydrogen-bond acceptors (Lipinski definition) is 3. The van der Waals surface area contributed by atoms with Crippen LogP contribution in [-0.2, 0) is 7.05 Å². The molecule has 0 saturated carbocycles. The highest BCUT2D eigenvalue weighted by atomic mass is 19.1. The number of pyridine rings is 1. The summed E-state index contributed by atoms with van der Waals surface area (Å²) in [5.41, 5.74) is 6.54. The third kappa shape index (κ3) is 2.89. The second-order valence-corrected chi connectivity index (χ2v) is 6.74. The number of aryl methyl sites for hydroxylation is 2. The van der Waals surface area contributed by atoms with Crippen LogP contribution in [0.3, 0.4) is 0 Å². The molecule has 2 aromatic carbocycles. The second-order valence-electron chi connectivity index (χ2n) is 6.74. The van der Waals surface area contributed by atoms with Crippen LogP contribution in [0.1, 0.15) is 15.9 Å². The summed E-state index contributed by atoms with van der Waals surface area (Å²) in [6, 6.07) is 10.0. The van der Waals surface area contributed by atoms with E-state index in [2.05, 4.69) is 5.10 Å². The van der Waals surface area contributed by atoms with Crippen molar-refractivity contribution in [1.29, 1.82) is 0 Å². The van der Waals surface area contributed by atoms with E-state index < -0.39 is 23.1 Å². The molecule has 0 aliphatic carbocycles. The van der Waals surface area contributed by atoms with Crippen molar-refractivity contribution in [3.8, 4) is 16.8 Å². The molecule has 0 unspecified atom stereocenters. The zero-order valence-electron chi connectivity index (χ0n) is 15.6. The predicted molar refractivity (Wildman–Crippen MR) is 105 cm³/mol. The minimum Gasteiger partial charge on any atom is -0.366 e. The molecule has 0 radical (unpaired) electrons. The van der Waals surface area contributed by atoms with Crippen molar-refractivity contribution in [2.45, 2.75) is 6.92 Å². The van der Waals surface area contributed by atoms with E-state index in [1.807, 2.05) is 6.92 Å². The van der Waals surface area contributed by atoms with Gasteiger partial charge in [0.1, 0.15) is 11.3 Å². The van der Waals surface area contributed by atoms with Crippen molar-refractivity contribution in [3.63, 3.8) is 0 Å². The number of fused-ring (bicyclic) bond motifs is 1. The van der Waals surface area contributed by atoms with Crippen molar-refractivity contribution in [2.24, 2.45) is 12.8 Å². The average molecular weight is 394 g/mol. The first-order valence-corrected chi connectivity index (χ1v) is 8.72. The van der Waals surface area contributed by atoms with Crippen LogP contribution >= 0.6 is 0 Å². The number of para-hydroxylation sites is 1. The number of carbonyl (C=O) groups excluding carboxylic acids is 1. The molecule has 29 heavy (non-hydrogen) atoms. The van der Waals surface area contributed by atoms with Gasteiger partial charge in [-0.2, -0.15) is 5.10 Å². The average Bonchev–Trinajstić information content (AvgIpc) is 3.08. The van der Waals surface area contributed by atoms with Crippen LogP contribution in [0.4, 0.5) is 8.78 Å². The summed E-state index contributed by atoms with van der Waals surface area (Å²) < 4.78 is 30.8. The quantitative estimate of drug-likeness (QED) is 0.580. The molecule has 2 heterocycles. The van der Waals surface area contributed by atoms with Gasteiger partial charge >= 0.3 is 0 Å². The number of aromatic nitrogens is 3. The first-order valence-electron chi connectivity index (χ1n) is 8.72. The van der Waals surface area contributed by atoms with Gasteiger partial charge in [0, 0.05) is 29.1 Å². The Hall–Kier alpha value is -3.81. The maximum absolute atomic E-state index is 14.3. The van der Waals surface area contributed by atoms with Crippen molar-refractivity contribution in [3.05, 3.63) is 81.8 Å². The molecule has 2 N–H and O–H groups in total. The fourth-order valence-electron chi connectivity index (χ4n) is 3.43. The molecule has 0 aliphatic rings. The Kier molecular flexibility index (Phi) is 4.26. The smallest absolute Gasteiger partial charge is 0.259 e. The molecule has 4 aromatic rings. The van der Waals surface area contributed by atoms with Gasteiger partial charge in [0.2, 0.25) is 5.91 Å². The summed E-state index contributed by atoms with van der Waals surface area (Å²) in [6.07, 6.45) is 1.41. The Morgan fingerprint density at radius 1 is 1.07 bits per heavy atom. The highest BCUT2D eigenvalue weighted by molar-refractivity contribution is 6.00. The largest absolute Gasteiger partial charge is 0.366 e. The number of nitrogens with two attached hydrogens (primary N) is 1. The number of amides is 1. The van der Waals surface area contributed by atoms with Gasteiger partial charge in [-0.15, -0.1) is 0 Å². The number of hydrogen-bond donors (Lipinski definition) is 1. The monoisotopic (exact) mass is 394 g/mol. The summed E-state index contributed by atoms with van der Waals surface area (Å²) in [5, 5.41) is 4.56. The highest BCUT2D eigenvalue weighted by Gasteiger charge is 2.20. The summed E-state index contributed by atoms with van der Waals surface area (Å²) in [6.45, 7) is 1.83. The van der Waals surface area contributed by atoms with Gasteiger partial charge in [0.05, 0.1) is 6.20 Å². The van der Waals surface area contributed by atoms with Crippen molar-refractivity contribution >= 4 is 16.9 Å². The molecule has 2 aromatic heterocycles. The molecule has 1 amide bonds. The van der Waals surface area contributed by atoms with E-state index in [1.54, 1.807) is 24.3 Å². The lowest BCUT2D eigenvalue weighted by Crippen LogP contribution is -2.22. The number of halogens is 2. The van der Waals surface area contributed by atoms with Crippen LogP contribution in [0.15, 0.2) is 53.5 Å². The lowest BCUT2D eigenvalue weighted by atomic mass is 9.97. The fraction of sp³-hybridized carbons (Fsp3) is 0.0952. The molecule has 8 heteroatoms. The Balaban J connectivity index is 2.04. The summed E-state index contributed by atoms with van der Waals surface area (Å²) in [5.74, 6) is -2.27. The lowest BCUT2D eigenvalue weighted by molar-refractivity contribution is 0.100. The first kappa shape index (κ1) is 18.5. The zero-order chi connectivity index (χ0) is 20.9. The number of carbonyl (C=O) groups is 1. The van der Waals surface area contributed by atoms with Gasteiger partial charge in [-0.3, -0.25) is 14.2 Å². The maximum atomic E-state index is 14.3. The number of rotatable bonds is 3. The summed E-state index contributed by atoms with van der Waals surface area (Å²) in [4.78, 5) is 24.9. The van der Waals surface area contributed by atoms with E-state index in [4.69, 9.17) is 5.73 Å². The van der Waals surface area contributed by atoms with E-state index in [0.29, 0.717) is 10.9 Å². The SMILES string of the molecule is Cc1ccc(C(N)=O)c(-c2cc3cnn(-c4c(F)cccc4F)c3n(C)c2=O)c1. The van der Waals surface area contributed by atoms with Crippen LogP contribution in [0, 0.1) is 18.6 Å². The van der Waals surface area contributed by atoms with Gasteiger partial charge in [-0.05, 0) is 31.2 Å². The molecule has 0 saturated heterocycles. The van der Waals surface area contributed by atoms with Crippen LogP contribution < -0.4 is 11.3 Å². The molecule has 146 valence electrons. The van der Waals surface area contributed by atoms with Gasteiger partial charge in [-0.25, -0.2) is 13.5 Å². The van der Waals surface area contributed by atoms with Gasteiger partial charge in [-0.1, -0.05) is 23.8 Å². The van der Waals surface area contributed by atoms with Gasteiger partial charge in [0.25, 0.3) is 5.56 Å². The molecule has 0 spiro atoms. The Labute approximate surface area is 163 Å². The minimum atomic E-state index is -0.804. The van der Waals surface area contributed by atoms with Crippen LogP contribution in [0.5, 0.6) is 0 Å². The third-order valence-electron chi connectivity index (χ3n) is 4.80. The van der Waals surface area contributed by atoms with Crippen LogP contribution in [0.25, 0.3) is 27.8 Å². The molecule has 0 aliphatic heterocycles. The Morgan fingerprint density at radius 2 is 1.76 bits per heavy atom. The minimum absolute atomic E-state index is 0.208. The topological polar surface area (TPSA) is 82.9 Å². The Morgan fingerprint density at radius 3 is 2.41 bits per heavy atom. The molecule has 4 rings (SSSR count). The normalized spacial score (nSPS) is 11.2. The van der Waals surface area contributed by atoms with E-state index in [-0.39, 0.29) is 22.5 Å². The van der Waals surface area contributed by atoms with E-state index in [1.165, 1.54) is 23.9 Å². The molecular weight excluding hydrogens is 378 g/mol. The third-order valence-corrected chi connectivity index (χ3v) is 4.80. The summed E-state index contributed by atoms with van der Waals surface area (Å²) >= 11 is 0. The van der Waals surface area contributed by atoms with E-state index in [9.17, 15) is 18.4 Å². The van der Waals surface area contributed by atoms with Crippen molar-refractivity contribution in [2.75, 3.05) is 0 Å². The standard InChI is InChI=1S/C21H16F2N4O2/c1-11-6-7-13(19(24)28)14(8-11)15-9-12-10-25-27(20(12)26(2)21(15)29)18-16(22)4-3-5-17(18)23/h3-10H,1-2H3,(H2,24,28). The zero-order valence-corrected chi connectivity index (χ0v) is 15.6. The van der Waals surface area contributed by atoms with Crippen LogP contribution in [-0.4, -0.2) is 20.3 Å². The van der Waals surface area contributed by atoms with E-state index >= 15 is 0 Å². The molecule has 0 bridgehead atoms. The molecule has 0 fully saturated rings. The summed E-state index contributed by atoms with van der Waals surface area (Å²) in [7, 11) is 1.48. The number of primary amides is 1. The maximum Gasteiger partial charge on any atom is 0.259 e. The van der Waals surface area contributed by atoms with Gasteiger partial charge < -0.3 is 5.73 Å². The molecule has 0 atom stereocenters. The first-order chi connectivity index (χ1) is 13.8. The Bertz CT molecular complexity index is 1330.